The van der Waals surface area contributed by atoms with Crippen LogP contribution in [0.3, 0.4) is 0 Å². The Morgan fingerprint density at radius 2 is 2.06 bits per heavy atom. The van der Waals surface area contributed by atoms with Gasteiger partial charge in [0.15, 0.2) is 0 Å². The number of rotatable bonds is 5. The van der Waals surface area contributed by atoms with Crippen LogP contribution in [0.2, 0.25) is 0 Å². The van der Waals surface area contributed by atoms with Crippen molar-refractivity contribution in [2.24, 2.45) is 11.8 Å². The van der Waals surface area contributed by atoms with Gasteiger partial charge in [0, 0.05) is 6.54 Å². The molecule has 0 heterocycles. The van der Waals surface area contributed by atoms with Gasteiger partial charge in [-0.3, -0.25) is 0 Å². The normalized spacial score (nSPS) is 23.8. The number of benzene rings is 1. The lowest BCUT2D eigenvalue weighted by Crippen LogP contribution is -2.27. The Bertz CT molecular complexity index is 368. The van der Waals surface area contributed by atoms with Gasteiger partial charge in [-0.25, -0.2) is 0 Å². The van der Waals surface area contributed by atoms with Crippen molar-refractivity contribution in [3.63, 3.8) is 0 Å². The molecule has 1 fully saturated rings. The van der Waals surface area contributed by atoms with Crippen LogP contribution in [0.15, 0.2) is 36.9 Å². The fourth-order valence-corrected chi connectivity index (χ4v) is 2.95. The zero-order chi connectivity index (χ0) is 12.8. The Morgan fingerprint density at radius 1 is 1.28 bits per heavy atom. The second kappa shape index (κ2) is 6.75. The van der Waals surface area contributed by atoms with E-state index in [1.807, 2.05) is 6.07 Å². The Kier molecular flexibility index (Phi) is 5.00. The molecule has 0 spiro atoms. The van der Waals surface area contributed by atoms with Gasteiger partial charge in [-0.15, -0.1) is 0 Å². The fourth-order valence-electron chi connectivity index (χ4n) is 2.95. The summed E-state index contributed by atoms with van der Waals surface area (Å²) < 4.78 is 0. The maximum atomic E-state index is 4.16. The van der Waals surface area contributed by atoms with Crippen LogP contribution >= 0.6 is 0 Å². The van der Waals surface area contributed by atoms with Gasteiger partial charge in [0.1, 0.15) is 0 Å². The molecule has 0 aromatic heterocycles. The highest BCUT2D eigenvalue weighted by atomic mass is 14.9. The average Bonchev–Trinajstić information content (AvgIpc) is 2.40. The molecule has 0 bridgehead atoms. The van der Waals surface area contributed by atoms with E-state index in [2.05, 4.69) is 43.1 Å². The lowest BCUT2D eigenvalue weighted by atomic mass is 9.82. The van der Waals surface area contributed by atoms with Crippen molar-refractivity contribution >= 4 is 5.57 Å². The summed E-state index contributed by atoms with van der Waals surface area (Å²) in [4.78, 5) is 0. The molecule has 98 valence electrons. The Hall–Kier alpha value is -1.08. The first-order valence-electron chi connectivity index (χ1n) is 7.19. The van der Waals surface area contributed by atoms with Crippen LogP contribution in [0.1, 0.15) is 38.2 Å². The van der Waals surface area contributed by atoms with E-state index in [1.165, 1.54) is 36.8 Å². The van der Waals surface area contributed by atoms with Crippen molar-refractivity contribution in [2.75, 3.05) is 13.1 Å². The third-order valence-corrected chi connectivity index (χ3v) is 4.00. The van der Waals surface area contributed by atoms with E-state index in [9.17, 15) is 0 Å². The van der Waals surface area contributed by atoms with Crippen LogP contribution in [0.4, 0.5) is 0 Å². The van der Waals surface area contributed by atoms with Gasteiger partial charge >= 0.3 is 0 Å². The van der Waals surface area contributed by atoms with E-state index in [-0.39, 0.29) is 0 Å². The second-order valence-corrected chi connectivity index (χ2v) is 5.74. The third-order valence-electron chi connectivity index (χ3n) is 4.00. The van der Waals surface area contributed by atoms with Crippen LogP contribution in [-0.4, -0.2) is 13.1 Å². The van der Waals surface area contributed by atoms with Crippen LogP contribution in [0.5, 0.6) is 0 Å². The largest absolute Gasteiger partial charge is 0.312 e. The smallest absolute Gasteiger partial charge is 0.0205 e. The summed E-state index contributed by atoms with van der Waals surface area (Å²) in [6, 6.07) is 10.5. The monoisotopic (exact) mass is 243 g/mol. The van der Waals surface area contributed by atoms with E-state index in [4.69, 9.17) is 0 Å². The highest BCUT2D eigenvalue weighted by Gasteiger charge is 2.18. The fraction of sp³-hybridized carbons (Fsp3) is 0.529. The Balaban J connectivity index is 1.70. The molecule has 1 aliphatic carbocycles. The van der Waals surface area contributed by atoms with E-state index in [1.54, 1.807) is 0 Å². The molecule has 1 aliphatic rings. The van der Waals surface area contributed by atoms with Gasteiger partial charge in [0.25, 0.3) is 0 Å². The number of nitrogens with one attached hydrogen (secondary N) is 1. The second-order valence-electron chi connectivity index (χ2n) is 5.74. The van der Waals surface area contributed by atoms with Gasteiger partial charge in [0.05, 0.1) is 0 Å². The van der Waals surface area contributed by atoms with E-state index in [0.29, 0.717) is 0 Å². The van der Waals surface area contributed by atoms with Crippen LogP contribution < -0.4 is 5.32 Å². The molecular weight excluding hydrogens is 218 g/mol. The molecule has 0 amide bonds. The first kappa shape index (κ1) is 13.4. The average molecular weight is 243 g/mol. The molecule has 2 rings (SSSR count). The predicted octanol–water partition coefficient (Wildman–Crippen LogP) is 4.12. The van der Waals surface area contributed by atoms with E-state index in [0.717, 1.165) is 24.9 Å². The summed E-state index contributed by atoms with van der Waals surface area (Å²) in [5.41, 5.74) is 2.45. The minimum atomic E-state index is 0.873. The zero-order valence-corrected chi connectivity index (χ0v) is 11.5. The van der Waals surface area contributed by atoms with Gasteiger partial charge in [-0.1, -0.05) is 56.7 Å². The lowest BCUT2D eigenvalue weighted by molar-refractivity contribution is 0.277. The lowest BCUT2D eigenvalue weighted by Gasteiger charge is -2.27. The van der Waals surface area contributed by atoms with Crippen molar-refractivity contribution in [3.05, 3.63) is 42.5 Å². The van der Waals surface area contributed by atoms with Crippen LogP contribution in [0, 0.1) is 11.8 Å². The van der Waals surface area contributed by atoms with Crippen LogP contribution in [-0.2, 0) is 0 Å². The summed E-state index contributed by atoms with van der Waals surface area (Å²) in [6.45, 7) is 8.60. The minimum absolute atomic E-state index is 0.873. The quantitative estimate of drug-likeness (QED) is 0.820. The van der Waals surface area contributed by atoms with Gasteiger partial charge < -0.3 is 5.32 Å². The van der Waals surface area contributed by atoms with Crippen molar-refractivity contribution in [3.8, 4) is 0 Å². The van der Waals surface area contributed by atoms with Gasteiger partial charge in [0.2, 0.25) is 0 Å². The summed E-state index contributed by atoms with van der Waals surface area (Å²) in [7, 11) is 0. The molecule has 0 radical (unpaired) electrons. The highest BCUT2D eigenvalue weighted by Crippen LogP contribution is 2.27. The van der Waals surface area contributed by atoms with Gasteiger partial charge in [-0.05, 0) is 42.4 Å². The third kappa shape index (κ3) is 3.99. The van der Waals surface area contributed by atoms with Crippen molar-refractivity contribution in [2.45, 2.75) is 32.6 Å². The minimum Gasteiger partial charge on any atom is -0.312 e. The molecule has 0 aliphatic heterocycles. The molecule has 1 saturated carbocycles. The number of hydrogen-bond acceptors (Lipinski definition) is 1. The van der Waals surface area contributed by atoms with Crippen molar-refractivity contribution < 1.29 is 0 Å². The van der Waals surface area contributed by atoms with Crippen molar-refractivity contribution in [1.29, 1.82) is 0 Å². The maximum absolute atomic E-state index is 4.16. The van der Waals surface area contributed by atoms with Crippen molar-refractivity contribution in [1.82, 2.24) is 5.32 Å². The van der Waals surface area contributed by atoms with Crippen LogP contribution in [0.25, 0.3) is 5.57 Å². The van der Waals surface area contributed by atoms with E-state index < -0.39 is 0 Å². The summed E-state index contributed by atoms with van der Waals surface area (Å²) in [5, 5.41) is 3.57. The molecule has 1 heteroatoms. The molecule has 1 aromatic rings. The molecule has 1 aromatic carbocycles. The molecule has 1 nitrogen and oxygen atoms in total. The molecular formula is C17H25N. The Morgan fingerprint density at radius 3 is 2.78 bits per heavy atom. The predicted molar refractivity (Wildman–Crippen MR) is 79.5 cm³/mol. The molecule has 1 N–H and O–H groups in total. The summed E-state index contributed by atoms with van der Waals surface area (Å²) >= 11 is 0. The van der Waals surface area contributed by atoms with E-state index >= 15 is 0 Å². The summed E-state index contributed by atoms with van der Waals surface area (Å²) in [5.74, 6) is 1.79. The van der Waals surface area contributed by atoms with Gasteiger partial charge in [-0.2, -0.15) is 0 Å². The zero-order valence-electron chi connectivity index (χ0n) is 11.5. The SMILES string of the molecule is C=C(CNCC1CCCC(C)C1)c1ccccc1. The summed E-state index contributed by atoms with van der Waals surface area (Å²) in [6.07, 6.45) is 5.63. The first-order valence-corrected chi connectivity index (χ1v) is 7.19. The number of hydrogen-bond donors (Lipinski definition) is 1. The molecule has 2 atom stereocenters. The molecule has 18 heavy (non-hydrogen) atoms. The first-order chi connectivity index (χ1) is 8.75. The Labute approximate surface area is 111 Å². The maximum Gasteiger partial charge on any atom is 0.0205 e. The standard InChI is InChI=1S/C17H25N/c1-14-7-6-8-16(11-14)13-18-12-15(2)17-9-4-3-5-10-17/h3-5,9-10,14,16,18H,2,6-8,11-13H2,1H3. The highest BCUT2D eigenvalue weighted by molar-refractivity contribution is 5.64. The molecule has 2 unspecified atom stereocenters. The molecule has 0 saturated heterocycles. The topological polar surface area (TPSA) is 12.0 Å².